The summed E-state index contributed by atoms with van der Waals surface area (Å²) in [7, 11) is 3.77. The lowest BCUT2D eigenvalue weighted by Gasteiger charge is -2.13. The molecule has 2 aromatic heterocycles. The van der Waals surface area contributed by atoms with E-state index < -0.39 is 18.6 Å². The van der Waals surface area contributed by atoms with Crippen molar-refractivity contribution in [3.05, 3.63) is 41.5 Å². The fourth-order valence-electron chi connectivity index (χ4n) is 2.72. The smallest absolute Gasteiger partial charge is 0.360 e. The largest absolute Gasteiger partial charge is 0.405 e. The second kappa shape index (κ2) is 8.75. The lowest BCUT2D eigenvalue weighted by molar-refractivity contribution is -0.137. The zero-order chi connectivity index (χ0) is 21.0. The molecule has 3 rings (SSSR count). The minimum Gasteiger partial charge on any atom is -0.360 e. The van der Waals surface area contributed by atoms with E-state index in [9.17, 15) is 18.0 Å². The van der Waals surface area contributed by atoms with Crippen LogP contribution in [-0.2, 0) is 11.3 Å². The van der Waals surface area contributed by atoms with Gasteiger partial charge in [-0.3, -0.25) is 4.79 Å². The number of aromatic nitrogens is 2. The van der Waals surface area contributed by atoms with Gasteiger partial charge in [0, 0.05) is 10.9 Å². The lowest BCUT2D eigenvalue weighted by Crippen LogP contribution is -2.37. The monoisotopic (exact) mass is 423 g/mol. The van der Waals surface area contributed by atoms with Crippen LogP contribution in [0.5, 0.6) is 0 Å². The molecule has 0 saturated carbocycles. The number of nitrogens with one attached hydrogen (secondary N) is 2. The summed E-state index contributed by atoms with van der Waals surface area (Å²) < 4.78 is 36.9. The predicted octanol–water partition coefficient (Wildman–Crippen LogP) is 3.51. The van der Waals surface area contributed by atoms with Crippen LogP contribution in [0.2, 0.25) is 0 Å². The summed E-state index contributed by atoms with van der Waals surface area (Å²) in [6, 6.07) is 9.65. The van der Waals surface area contributed by atoms with Gasteiger partial charge >= 0.3 is 6.18 Å². The summed E-state index contributed by atoms with van der Waals surface area (Å²) in [6.45, 7) is -1.20. The number of rotatable bonds is 7. The standard InChI is InChI=1S/C19H20F3N5OS/c1-27(2)9-14-25-17(23-8-15(28)24-11-19(20,21)22)16-13(10-29-18(16)26-14)12-6-4-3-5-7-12/h3-7,10H,8-9,11H2,1-2H3,(H,24,28)(H,23,25,26). The van der Waals surface area contributed by atoms with Gasteiger partial charge in [0.1, 0.15) is 23.0 Å². The highest BCUT2D eigenvalue weighted by Gasteiger charge is 2.27. The molecule has 3 aromatic rings. The number of carbonyl (C=O) groups excluding carboxylic acids is 1. The van der Waals surface area contributed by atoms with Crippen LogP contribution in [0.15, 0.2) is 35.7 Å². The second-order valence-electron chi connectivity index (χ2n) is 6.67. The zero-order valence-electron chi connectivity index (χ0n) is 15.9. The molecule has 2 heterocycles. The Labute approximate surface area is 169 Å². The lowest BCUT2D eigenvalue weighted by atomic mass is 10.1. The molecule has 0 aliphatic carbocycles. The number of anilines is 1. The molecule has 0 radical (unpaired) electrons. The third-order valence-electron chi connectivity index (χ3n) is 3.92. The number of hydrogen-bond donors (Lipinski definition) is 2. The highest BCUT2D eigenvalue weighted by Crippen LogP contribution is 2.36. The number of amides is 1. The molecule has 6 nitrogen and oxygen atoms in total. The maximum Gasteiger partial charge on any atom is 0.405 e. The van der Waals surface area contributed by atoms with Crippen LogP contribution in [0.25, 0.3) is 21.3 Å². The third kappa shape index (κ3) is 5.64. The average Bonchev–Trinajstić information content (AvgIpc) is 3.08. The van der Waals surface area contributed by atoms with E-state index in [1.165, 1.54) is 11.3 Å². The molecular formula is C19H20F3N5OS. The van der Waals surface area contributed by atoms with Gasteiger partial charge in [0.15, 0.2) is 0 Å². The Kier molecular flexibility index (Phi) is 6.33. The Morgan fingerprint density at radius 2 is 1.90 bits per heavy atom. The molecule has 10 heteroatoms. The van der Waals surface area contributed by atoms with E-state index in [1.54, 1.807) is 0 Å². The Morgan fingerprint density at radius 1 is 1.17 bits per heavy atom. The molecule has 1 aromatic carbocycles. The van der Waals surface area contributed by atoms with E-state index in [2.05, 4.69) is 15.3 Å². The summed E-state index contributed by atoms with van der Waals surface area (Å²) in [5.74, 6) is 0.219. The highest BCUT2D eigenvalue weighted by molar-refractivity contribution is 7.17. The maximum atomic E-state index is 12.3. The molecule has 0 unspecified atom stereocenters. The first-order chi connectivity index (χ1) is 13.7. The fourth-order valence-corrected chi connectivity index (χ4v) is 3.69. The summed E-state index contributed by atoms with van der Waals surface area (Å²) in [4.78, 5) is 23.6. The summed E-state index contributed by atoms with van der Waals surface area (Å²) >= 11 is 1.45. The third-order valence-corrected chi connectivity index (χ3v) is 4.80. The normalized spacial score (nSPS) is 11.8. The number of halogens is 3. The molecule has 154 valence electrons. The first kappa shape index (κ1) is 21.0. The molecule has 0 aliphatic rings. The van der Waals surface area contributed by atoms with Crippen molar-refractivity contribution in [2.24, 2.45) is 0 Å². The van der Waals surface area contributed by atoms with E-state index in [-0.39, 0.29) is 6.54 Å². The number of nitrogens with zero attached hydrogens (tertiary/aromatic N) is 3. The molecule has 0 saturated heterocycles. The fraction of sp³-hybridized carbons (Fsp3) is 0.316. The van der Waals surface area contributed by atoms with Crippen molar-refractivity contribution in [3.8, 4) is 11.1 Å². The van der Waals surface area contributed by atoms with Gasteiger partial charge in [-0.1, -0.05) is 30.3 Å². The molecular weight excluding hydrogens is 403 g/mol. The second-order valence-corrected chi connectivity index (χ2v) is 7.53. The van der Waals surface area contributed by atoms with Crippen LogP contribution in [0, 0.1) is 0 Å². The number of hydrogen-bond acceptors (Lipinski definition) is 6. The Bertz CT molecular complexity index is 989. The highest BCUT2D eigenvalue weighted by atomic mass is 32.1. The van der Waals surface area contributed by atoms with Gasteiger partial charge in [0.05, 0.1) is 18.5 Å². The average molecular weight is 423 g/mol. The first-order valence-electron chi connectivity index (χ1n) is 8.78. The molecule has 2 N–H and O–H groups in total. The van der Waals surface area contributed by atoms with Gasteiger partial charge in [-0.2, -0.15) is 13.2 Å². The molecule has 0 fully saturated rings. The molecule has 1 amide bonds. The predicted molar refractivity (Wildman–Crippen MR) is 108 cm³/mol. The number of alkyl halides is 3. The van der Waals surface area contributed by atoms with Crippen molar-refractivity contribution in [1.29, 1.82) is 0 Å². The quantitative estimate of drug-likeness (QED) is 0.609. The summed E-state index contributed by atoms with van der Waals surface area (Å²) in [6.07, 6.45) is -4.45. The van der Waals surface area contributed by atoms with Crippen LogP contribution in [0.4, 0.5) is 19.0 Å². The molecule has 0 bridgehead atoms. The zero-order valence-corrected chi connectivity index (χ0v) is 16.7. The minimum atomic E-state index is -4.45. The van der Waals surface area contributed by atoms with Gasteiger partial charge in [-0.15, -0.1) is 11.3 Å². The van der Waals surface area contributed by atoms with Crippen molar-refractivity contribution in [1.82, 2.24) is 20.2 Å². The number of thiophene rings is 1. The first-order valence-corrected chi connectivity index (χ1v) is 9.66. The van der Waals surface area contributed by atoms with Crippen LogP contribution < -0.4 is 10.6 Å². The number of benzene rings is 1. The van der Waals surface area contributed by atoms with E-state index in [1.807, 2.05) is 60.0 Å². The van der Waals surface area contributed by atoms with E-state index >= 15 is 0 Å². The SMILES string of the molecule is CN(C)Cc1nc(NCC(=O)NCC(F)(F)F)c2c(-c3ccccc3)csc2n1. The van der Waals surface area contributed by atoms with Crippen molar-refractivity contribution in [3.63, 3.8) is 0 Å². The van der Waals surface area contributed by atoms with E-state index in [4.69, 9.17) is 0 Å². The molecule has 29 heavy (non-hydrogen) atoms. The minimum absolute atomic E-state index is 0.326. The molecule has 0 atom stereocenters. The van der Waals surface area contributed by atoms with Crippen molar-refractivity contribution >= 4 is 33.3 Å². The van der Waals surface area contributed by atoms with Gasteiger partial charge < -0.3 is 15.5 Å². The van der Waals surface area contributed by atoms with Gasteiger partial charge in [-0.05, 0) is 19.7 Å². The van der Waals surface area contributed by atoms with Crippen molar-refractivity contribution in [2.75, 3.05) is 32.5 Å². The molecule has 0 spiro atoms. The van der Waals surface area contributed by atoms with Gasteiger partial charge in [0.2, 0.25) is 5.91 Å². The van der Waals surface area contributed by atoms with Crippen LogP contribution in [-0.4, -0.2) is 54.1 Å². The Balaban J connectivity index is 1.92. The van der Waals surface area contributed by atoms with Crippen LogP contribution in [0.3, 0.4) is 0 Å². The van der Waals surface area contributed by atoms with E-state index in [0.29, 0.717) is 18.2 Å². The Morgan fingerprint density at radius 3 is 2.55 bits per heavy atom. The number of carbonyl (C=O) groups is 1. The van der Waals surface area contributed by atoms with Crippen molar-refractivity contribution < 1.29 is 18.0 Å². The van der Waals surface area contributed by atoms with Crippen molar-refractivity contribution in [2.45, 2.75) is 12.7 Å². The van der Waals surface area contributed by atoms with Gasteiger partial charge in [0.25, 0.3) is 0 Å². The van der Waals surface area contributed by atoms with Gasteiger partial charge in [-0.25, -0.2) is 9.97 Å². The van der Waals surface area contributed by atoms with E-state index in [0.717, 1.165) is 21.3 Å². The summed E-state index contributed by atoms with van der Waals surface area (Å²) in [5, 5.41) is 7.45. The topological polar surface area (TPSA) is 70.2 Å². The number of fused-ring (bicyclic) bond motifs is 1. The summed E-state index contributed by atoms with van der Waals surface area (Å²) in [5.41, 5.74) is 1.87. The van der Waals surface area contributed by atoms with Crippen LogP contribution >= 0.6 is 11.3 Å². The molecule has 0 aliphatic heterocycles. The van der Waals surface area contributed by atoms with Crippen LogP contribution in [0.1, 0.15) is 5.82 Å². The Hall–Kier alpha value is -2.72. The maximum absolute atomic E-state index is 12.3.